The van der Waals surface area contributed by atoms with Crippen molar-refractivity contribution in [2.75, 3.05) is 13.2 Å². The molecule has 1 fully saturated rings. The van der Waals surface area contributed by atoms with Crippen LogP contribution in [0.1, 0.15) is 48.3 Å². The first-order chi connectivity index (χ1) is 10.2. The Labute approximate surface area is 123 Å². The van der Waals surface area contributed by atoms with E-state index >= 15 is 0 Å². The Hall–Kier alpha value is -1.88. The summed E-state index contributed by atoms with van der Waals surface area (Å²) < 4.78 is 7.63. The first-order valence-corrected chi connectivity index (χ1v) is 7.52. The van der Waals surface area contributed by atoms with Crippen LogP contribution < -0.4 is 0 Å². The van der Waals surface area contributed by atoms with E-state index in [9.17, 15) is 4.79 Å². The third-order valence-electron chi connectivity index (χ3n) is 3.84. The normalized spacial score (nSPS) is 14.7. The molecular weight excluding hydrogens is 268 g/mol. The lowest BCUT2D eigenvalue weighted by Crippen LogP contribution is -2.06. The van der Waals surface area contributed by atoms with Crippen LogP contribution in [0.15, 0.2) is 18.2 Å². The van der Waals surface area contributed by atoms with E-state index in [4.69, 9.17) is 9.84 Å². The number of aromatic nitrogens is 2. The average Bonchev–Trinajstić information content (AvgIpc) is 3.25. The number of hydrogen-bond donors (Lipinski definition) is 1. The molecule has 1 aromatic carbocycles. The van der Waals surface area contributed by atoms with E-state index in [1.54, 1.807) is 12.1 Å². The van der Waals surface area contributed by atoms with Gasteiger partial charge in [-0.2, -0.15) is 0 Å². The summed E-state index contributed by atoms with van der Waals surface area (Å²) >= 11 is 0. The van der Waals surface area contributed by atoms with Crippen molar-refractivity contribution in [3.8, 4) is 0 Å². The highest BCUT2D eigenvalue weighted by Gasteiger charge is 2.29. The molecule has 0 radical (unpaired) electrons. The van der Waals surface area contributed by atoms with Gasteiger partial charge in [-0.05, 0) is 44.4 Å². The zero-order valence-corrected chi connectivity index (χ0v) is 12.2. The number of fused-ring (bicyclic) bond motifs is 1. The number of carboxylic acid groups (broad SMARTS) is 1. The lowest BCUT2D eigenvalue weighted by Gasteiger charge is -2.08. The Morgan fingerprint density at radius 3 is 2.95 bits per heavy atom. The van der Waals surface area contributed by atoms with Crippen molar-refractivity contribution in [2.45, 2.75) is 38.6 Å². The van der Waals surface area contributed by atoms with Gasteiger partial charge in [-0.25, -0.2) is 9.78 Å². The second-order valence-electron chi connectivity index (χ2n) is 5.46. The summed E-state index contributed by atoms with van der Waals surface area (Å²) in [5, 5.41) is 9.09. The summed E-state index contributed by atoms with van der Waals surface area (Å²) in [5.41, 5.74) is 2.11. The molecular formula is C16H20N2O3. The maximum atomic E-state index is 11.1. The van der Waals surface area contributed by atoms with Crippen LogP contribution >= 0.6 is 0 Å². The van der Waals surface area contributed by atoms with E-state index in [0.717, 1.165) is 43.0 Å². The summed E-state index contributed by atoms with van der Waals surface area (Å²) in [6, 6.07) is 5.20. The van der Waals surface area contributed by atoms with Gasteiger partial charge < -0.3 is 14.4 Å². The molecule has 0 unspecified atom stereocenters. The molecule has 1 aromatic heterocycles. The third-order valence-corrected chi connectivity index (χ3v) is 3.84. The molecule has 0 atom stereocenters. The molecule has 0 amide bonds. The number of aryl methyl sites for hydroxylation is 1. The van der Waals surface area contributed by atoms with Crippen molar-refractivity contribution in [3.05, 3.63) is 29.6 Å². The first-order valence-electron chi connectivity index (χ1n) is 7.52. The molecule has 5 heteroatoms. The molecule has 1 saturated carbocycles. The Morgan fingerprint density at radius 1 is 1.48 bits per heavy atom. The number of carbonyl (C=O) groups is 1. The largest absolute Gasteiger partial charge is 0.478 e. The molecule has 0 saturated heterocycles. The smallest absolute Gasteiger partial charge is 0.335 e. The molecule has 5 nitrogen and oxygen atoms in total. The topological polar surface area (TPSA) is 64.4 Å². The van der Waals surface area contributed by atoms with E-state index in [2.05, 4.69) is 9.55 Å². The zero-order chi connectivity index (χ0) is 14.8. The molecule has 1 aliphatic rings. The molecule has 3 rings (SSSR count). The van der Waals surface area contributed by atoms with Gasteiger partial charge in [-0.3, -0.25) is 0 Å². The molecule has 1 aliphatic carbocycles. The second kappa shape index (κ2) is 5.85. The van der Waals surface area contributed by atoms with Gasteiger partial charge in [-0.15, -0.1) is 0 Å². The Kier molecular flexibility index (Phi) is 3.92. The maximum absolute atomic E-state index is 11.1. The number of imidazole rings is 1. The molecule has 1 heterocycles. The van der Waals surface area contributed by atoms with Gasteiger partial charge in [0.2, 0.25) is 0 Å². The van der Waals surface area contributed by atoms with E-state index in [0.29, 0.717) is 11.5 Å². The van der Waals surface area contributed by atoms with Gasteiger partial charge in [-0.1, -0.05) is 0 Å². The SMILES string of the molecule is CCOCCCn1c(C2CC2)nc2cc(C(=O)O)ccc21. The number of ether oxygens (including phenoxy) is 1. The minimum atomic E-state index is -0.907. The second-order valence-corrected chi connectivity index (χ2v) is 5.46. The van der Waals surface area contributed by atoms with Crippen LogP contribution in [0.5, 0.6) is 0 Å². The lowest BCUT2D eigenvalue weighted by atomic mass is 10.2. The van der Waals surface area contributed by atoms with Gasteiger partial charge in [0.25, 0.3) is 0 Å². The van der Waals surface area contributed by atoms with E-state index < -0.39 is 5.97 Å². The predicted molar refractivity (Wildman–Crippen MR) is 79.8 cm³/mol. The number of carboxylic acids is 1. The molecule has 1 N–H and O–H groups in total. The summed E-state index contributed by atoms with van der Waals surface area (Å²) in [6.45, 7) is 4.35. The van der Waals surface area contributed by atoms with Crippen molar-refractivity contribution in [3.63, 3.8) is 0 Å². The summed E-state index contributed by atoms with van der Waals surface area (Å²) in [5.74, 6) is 0.734. The Morgan fingerprint density at radius 2 is 2.29 bits per heavy atom. The average molecular weight is 288 g/mol. The van der Waals surface area contributed by atoms with E-state index in [1.165, 1.54) is 12.8 Å². The number of benzene rings is 1. The van der Waals surface area contributed by atoms with Crippen LogP contribution in [-0.4, -0.2) is 33.8 Å². The summed E-state index contributed by atoms with van der Waals surface area (Å²) in [6.07, 6.45) is 3.31. The molecule has 112 valence electrons. The molecule has 0 spiro atoms. The van der Waals surface area contributed by atoms with Crippen LogP contribution in [0.25, 0.3) is 11.0 Å². The first kappa shape index (κ1) is 14.1. The van der Waals surface area contributed by atoms with Gasteiger partial charge >= 0.3 is 5.97 Å². The van der Waals surface area contributed by atoms with Crippen molar-refractivity contribution in [1.29, 1.82) is 0 Å². The quantitative estimate of drug-likeness (QED) is 0.795. The monoisotopic (exact) mass is 288 g/mol. The minimum absolute atomic E-state index is 0.295. The minimum Gasteiger partial charge on any atom is -0.478 e. The van der Waals surface area contributed by atoms with Gasteiger partial charge in [0.05, 0.1) is 16.6 Å². The van der Waals surface area contributed by atoms with Crippen LogP contribution in [-0.2, 0) is 11.3 Å². The predicted octanol–water partition coefficient (Wildman–Crippen LogP) is 3.04. The molecule has 21 heavy (non-hydrogen) atoms. The van der Waals surface area contributed by atoms with Gasteiger partial charge in [0.1, 0.15) is 5.82 Å². The number of hydrogen-bond acceptors (Lipinski definition) is 3. The van der Waals surface area contributed by atoms with E-state index in [-0.39, 0.29) is 0 Å². The van der Waals surface area contributed by atoms with Crippen molar-refractivity contribution >= 4 is 17.0 Å². The number of rotatable bonds is 7. The zero-order valence-electron chi connectivity index (χ0n) is 12.2. The van der Waals surface area contributed by atoms with Crippen LogP contribution in [0.2, 0.25) is 0 Å². The van der Waals surface area contributed by atoms with Crippen molar-refractivity contribution < 1.29 is 14.6 Å². The fourth-order valence-electron chi connectivity index (χ4n) is 2.64. The summed E-state index contributed by atoms with van der Waals surface area (Å²) in [4.78, 5) is 15.8. The highest BCUT2D eigenvalue weighted by atomic mass is 16.5. The highest BCUT2D eigenvalue weighted by Crippen LogP contribution is 2.40. The summed E-state index contributed by atoms with van der Waals surface area (Å²) in [7, 11) is 0. The van der Waals surface area contributed by atoms with Crippen molar-refractivity contribution in [2.24, 2.45) is 0 Å². The number of nitrogens with zero attached hydrogens (tertiary/aromatic N) is 2. The van der Waals surface area contributed by atoms with Crippen LogP contribution in [0, 0.1) is 0 Å². The van der Waals surface area contributed by atoms with Crippen molar-refractivity contribution in [1.82, 2.24) is 9.55 Å². The van der Waals surface area contributed by atoms with Gasteiger partial charge in [0, 0.05) is 25.7 Å². The number of aromatic carboxylic acids is 1. The fraction of sp³-hybridized carbons (Fsp3) is 0.500. The Bertz CT molecular complexity index is 659. The molecule has 0 aliphatic heterocycles. The van der Waals surface area contributed by atoms with E-state index in [1.807, 2.05) is 13.0 Å². The highest BCUT2D eigenvalue weighted by molar-refractivity contribution is 5.92. The Balaban J connectivity index is 1.91. The third kappa shape index (κ3) is 2.93. The lowest BCUT2D eigenvalue weighted by molar-refractivity contribution is 0.0697. The van der Waals surface area contributed by atoms with Crippen LogP contribution in [0.3, 0.4) is 0 Å². The van der Waals surface area contributed by atoms with Gasteiger partial charge in [0.15, 0.2) is 0 Å². The maximum Gasteiger partial charge on any atom is 0.335 e. The molecule has 0 bridgehead atoms. The standard InChI is InChI=1S/C16H20N2O3/c1-2-21-9-3-8-18-14-7-6-12(16(19)20)10-13(14)17-15(18)11-4-5-11/h6-7,10-11H,2-5,8-9H2,1H3,(H,19,20). The fourth-order valence-corrected chi connectivity index (χ4v) is 2.64. The molecule has 2 aromatic rings. The van der Waals surface area contributed by atoms with Crippen LogP contribution in [0.4, 0.5) is 0 Å².